The highest BCUT2D eigenvalue weighted by Gasteiger charge is 2.17. The molecule has 0 amide bonds. The van der Waals surface area contributed by atoms with Gasteiger partial charge in [0, 0.05) is 12.1 Å². The Morgan fingerprint density at radius 2 is 0.806 bits per heavy atom. The van der Waals surface area contributed by atoms with Crippen LogP contribution >= 0.6 is 23.2 Å². The smallest absolute Gasteiger partial charge is 0.153 e. The highest BCUT2D eigenvalue weighted by molar-refractivity contribution is 6.33. The van der Waals surface area contributed by atoms with Crippen LogP contribution in [0.4, 0.5) is 0 Å². The largest absolute Gasteiger partial charge is 0.453 e. The van der Waals surface area contributed by atoms with E-state index in [2.05, 4.69) is 9.13 Å². The second-order valence-electron chi connectivity index (χ2n) is 8.50. The molecule has 0 saturated carbocycles. The molecule has 2 heterocycles. The molecule has 0 aliphatic rings. The lowest BCUT2D eigenvalue weighted by atomic mass is 10.2. The first-order valence-electron chi connectivity index (χ1n) is 11.5. The summed E-state index contributed by atoms with van der Waals surface area (Å²) in [4.78, 5) is 0. The van der Waals surface area contributed by atoms with Gasteiger partial charge in [0.15, 0.2) is 22.3 Å². The number of nitrogens with zero attached hydrogens (tertiary/aromatic N) is 2. The Kier molecular flexibility index (Phi) is 4.84. The van der Waals surface area contributed by atoms with Gasteiger partial charge in [0.05, 0.1) is 43.5 Å². The molecule has 0 N–H and O–H groups in total. The van der Waals surface area contributed by atoms with Gasteiger partial charge in [-0.25, -0.2) is 0 Å². The molecule has 174 valence electrons. The summed E-state index contributed by atoms with van der Waals surface area (Å²) in [6.45, 7) is 0. The van der Waals surface area contributed by atoms with Crippen molar-refractivity contribution in [1.29, 1.82) is 0 Å². The van der Waals surface area contributed by atoms with Crippen molar-refractivity contribution in [2.45, 2.75) is 0 Å². The summed E-state index contributed by atoms with van der Waals surface area (Å²) in [6, 6.07) is 35.4. The third kappa shape index (κ3) is 3.23. The molecule has 7 aromatic rings. The van der Waals surface area contributed by atoms with Crippen molar-refractivity contribution in [2.75, 3.05) is 0 Å². The average Bonchev–Trinajstić information content (AvgIpc) is 2.90. The van der Waals surface area contributed by atoms with Crippen molar-refractivity contribution < 1.29 is 8.83 Å². The van der Waals surface area contributed by atoms with E-state index >= 15 is 0 Å². The quantitative estimate of drug-likeness (QED) is 0.218. The van der Waals surface area contributed by atoms with E-state index in [1.807, 2.05) is 109 Å². The van der Waals surface area contributed by atoms with Crippen molar-refractivity contribution in [2.24, 2.45) is 0 Å². The van der Waals surface area contributed by atoms with Crippen LogP contribution in [-0.4, -0.2) is 9.13 Å². The van der Waals surface area contributed by atoms with Gasteiger partial charge in [0.1, 0.15) is 0 Å². The number of fused-ring (bicyclic) bond motifs is 4. The normalized spacial score (nSPS) is 11.6. The number of benzene rings is 5. The van der Waals surface area contributed by atoms with E-state index in [9.17, 15) is 0 Å². The zero-order chi connectivity index (χ0) is 24.2. The van der Waals surface area contributed by atoms with Crippen LogP contribution in [-0.2, 0) is 0 Å². The SMILES string of the molecule is Clc1ccccc1-n1c2ccccc2oc2cc3c(cc21)oc1ccccc1n3-c1ccccc1Cl. The van der Waals surface area contributed by atoms with E-state index < -0.39 is 0 Å². The van der Waals surface area contributed by atoms with E-state index in [0.29, 0.717) is 21.2 Å². The summed E-state index contributed by atoms with van der Waals surface area (Å²) in [7, 11) is 0. The monoisotopic (exact) mass is 508 g/mol. The van der Waals surface area contributed by atoms with Gasteiger partial charge in [-0.1, -0.05) is 71.7 Å². The van der Waals surface area contributed by atoms with Crippen molar-refractivity contribution in [3.05, 3.63) is 119 Å². The first-order chi connectivity index (χ1) is 17.7. The van der Waals surface area contributed by atoms with Crippen molar-refractivity contribution >= 4 is 67.6 Å². The molecule has 0 bridgehead atoms. The van der Waals surface area contributed by atoms with E-state index in [1.165, 1.54) is 0 Å². The fraction of sp³-hybridized carbons (Fsp3) is 0. The highest BCUT2D eigenvalue weighted by Crippen LogP contribution is 2.36. The highest BCUT2D eigenvalue weighted by atomic mass is 35.5. The number of hydrogen-bond donors (Lipinski definition) is 0. The third-order valence-electron chi connectivity index (χ3n) is 6.36. The van der Waals surface area contributed by atoms with E-state index in [4.69, 9.17) is 32.0 Å². The van der Waals surface area contributed by atoms with E-state index in [1.54, 1.807) is 0 Å². The van der Waals surface area contributed by atoms with Gasteiger partial charge in [0.2, 0.25) is 0 Å². The molecule has 0 atom stereocenters. The van der Waals surface area contributed by atoms with Crippen LogP contribution in [0.25, 0.3) is 55.8 Å². The molecule has 36 heavy (non-hydrogen) atoms. The predicted octanol–water partition coefficient (Wildman–Crippen LogP) is 9.50. The van der Waals surface area contributed by atoms with Gasteiger partial charge in [0.25, 0.3) is 0 Å². The molecule has 5 aromatic carbocycles. The Morgan fingerprint density at radius 3 is 1.25 bits per heavy atom. The molecule has 0 saturated heterocycles. The number of aromatic nitrogens is 2. The maximum Gasteiger partial charge on any atom is 0.153 e. The van der Waals surface area contributed by atoms with Crippen LogP contribution in [0.2, 0.25) is 10.0 Å². The van der Waals surface area contributed by atoms with Crippen molar-refractivity contribution in [1.82, 2.24) is 9.13 Å². The predicted molar refractivity (Wildman–Crippen MR) is 147 cm³/mol. The number of para-hydroxylation sites is 6. The van der Waals surface area contributed by atoms with Gasteiger partial charge in [-0.15, -0.1) is 0 Å². The zero-order valence-electron chi connectivity index (χ0n) is 18.9. The standard InChI is InChI=1S/C30H18Cl2N2O2/c31-19-9-1-3-11-21(19)33-23-13-5-7-15-27(23)35-29-18-26-30(17-25(29)33)36-28-16-8-6-14-24(28)34(26)22-12-4-2-10-20(22)32/h1-18H. The Labute approximate surface area is 215 Å². The summed E-state index contributed by atoms with van der Waals surface area (Å²) < 4.78 is 17.1. The average molecular weight is 509 g/mol. The molecule has 6 heteroatoms. The lowest BCUT2D eigenvalue weighted by Gasteiger charge is -2.19. The molecule has 0 unspecified atom stereocenters. The fourth-order valence-electron chi connectivity index (χ4n) is 4.79. The molecule has 2 aromatic heterocycles. The minimum absolute atomic E-state index is 0.641. The first-order valence-corrected chi connectivity index (χ1v) is 12.3. The Morgan fingerprint density at radius 1 is 0.417 bits per heavy atom. The number of halogens is 2. The lowest BCUT2D eigenvalue weighted by Crippen LogP contribution is -2.03. The maximum atomic E-state index is 6.68. The summed E-state index contributed by atoms with van der Waals surface area (Å²) in [5, 5.41) is 1.28. The van der Waals surface area contributed by atoms with Crippen LogP contribution in [0.5, 0.6) is 0 Å². The molecule has 7 rings (SSSR count). The van der Waals surface area contributed by atoms with Gasteiger partial charge < -0.3 is 18.0 Å². The number of hydrogen-bond acceptors (Lipinski definition) is 2. The third-order valence-corrected chi connectivity index (χ3v) is 7.00. The molecule has 0 spiro atoms. The molecule has 4 nitrogen and oxygen atoms in total. The Balaban J connectivity index is 1.70. The fourth-order valence-corrected chi connectivity index (χ4v) is 5.23. The minimum atomic E-state index is 0.641. The molecule has 0 aliphatic carbocycles. The first kappa shape index (κ1) is 21.2. The number of rotatable bonds is 2. The van der Waals surface area contributed by atoms with Gasteiger partial charge >= 0.3 is 0 Å². The zero-order valence-corrected chi connectivity index (χ0v) is 20.4. The summed E-state index contributed by atoms with van der Waals surface area (Å²) >= 11 is 13.4. The maximum absolute atomic E-state index is 6.68. The van der Waals surface area contributed by atoms with Gasteiger partial charge in [-0.05, 0) is 48.5 Å². The van der Waals surface area contributed by atoms with Crippen LogP contribution < -0.4 is 0 Å². The summed E-state index contributed by atoms with van der Waals surface area (Å²) in [5.74, 6) is 0. The van der Waals surface area contributed by atoms with E-state index in [-0.39, 0.29) is 0 Å². The van der Waals surface area contributed by atoms with Crippen LogP contribution in [0.3, 0.4) is 0 Å². The molecular formula is C30H18Cl2N2O2. The Bertz CT molecular complexity index is 1840. The second-order valence-corrected chi connectivity index (χ2v) is 9.32. The van der Waals surface area contributed by atoms with Crippen molar-refractivity contribution in [3.63, 3.8) is 0 Å². The molecule has 0 aliphatic heterocycles. The van der Waals surface area contributed by atoms with Crippen molar-refractivity contribution in [3.8, 4) is 11.4 Å². The van der Waals surface area contributed by atoms with Crippen LogP contribution in [0.1, 0.15) is 0 Å². The minimum Gasteiger partial charge on any atom is -0.453 e. The van der Waals surface area contributed by atoms with Gasteiger partial charge in [-0.2, -0.15) is 0 Å². The molecule has 0 radical (unpaired) electrons. The second kappa shape index (κ2) is 8.23. The van der Waals surface area contributed by atoms with Gasteiger partial charge in [-0.3, -0.25) is 0 Å². The van der Waals surface area contributed by atoms with E-state index in [0.717, 1.165) is 44.6 Å². The topological polar surface area (TPSA) is 36.1 Å². The van der Waals surface area contributed by atoms with Crippen LogP contribution in [0.15, 0.2) is 118 Å². The van der Waals surface area contributed by atoms with Crippen LogP contribution in [0, 0.1) is 0 Å². The lowest BCUT2D eigenvalue weighted by molar-refractivity contribution is 0.644. The molecule has 0 fully saturated rings. The summed E-state index contributed by atoms with van der Waals surface area (Å²) in [5.41, 5.74) is 8.04. The summed E-state index contributed by atoms with van der Waals surface area (Å²) in [6.07, 6.45) is 0. The Hall–Kier alpha value is -4.12. The molecular weight excluding hydrogens is 491 g/mol.